The number of hydrogen-bond donors (Lipinski definition) is 1. The lowest BCUT2D eigenvalue weighted by Gasteiger charge is -2.21. The van der Waals surface area contributed by atoms with Crippen molar-refractivity contribution in [1.29, 1.82) is 0 Å². The van der Waals surface area contributed by atoms with E-state index in [0.717, 1.165) is 5.76 Å². The number of hydrogen-bond acceptors (Lipinski definition) is 6. The minimum absolute atomic E-state index is 0.115. The van der Waals surface area contributed by atoms with Crippen LogP contribution in [-0.4, -0.2) is 48.1 Å². The zero-order chi connectivity index (χ0) is 16.1. The first-order valence-corrected chi connectivity index (χ1v) is 7.96. The number of esters is 1. The summed E-state index contributed by atoms with van der Waals surface area (Å²) in [4.78, 5) is 36.5. The third-order valence-corrected chi connectivity index (χ3v) is 4.24. The van der Waals surface area contributed by atoms with E-state index in [1.165, 1.54) is 16.7 Å². The maximum Gasteiger partial charge on any atom is 0.325 e. The summed E-state index contributed by atoms with van der Waals surface area (Å²) in [5, 5.41) is 2.13. The monoisotopic (exact) mass is 326 g/mol. The number of thioether (sulfide) groups is 1. The molecule has 0 saturated carbocycles. The number of carbonyl (C=O) groups is 3. The lowest BCUT2D eigenvalue weighted by atomic mass is 10.3. The smallest absolute Gasteiger partial charge is 0.325 e. The zero-order valence-electron chi connectivity index (χ0n) is 12.5. The molecule has 0 spiro atoms. The molecule has 22 heavy (non-hydrogen) atoms. The number of furan rings is 1. The van der Waals surface area contributed by atoms with Crippen LogP contribution in [0.25, 0.3) is 0 Å². The third kappa shape index (κ3) is 4.03. The fraction of sp³-hybridized carbons (Fsp3) is 0.500. The molecule has 2 amide bonds. The van der Waals surface area contributed by atoms with E-state index < -0.39 is 11.9 Å². The van der Waals surface area contributed by atoms with Crippen molar-refractivity contribution in [1.82, 2.24) is 10.2 Å². The molecule has 2 rings (SSSR count). The van der Waals surface area contributed by atoms with Crippen LogP contribution in [0, 0.1) is 6.92 Å². The fourth-order valence-electron chi connectivity index (χ4n) is 2.04. The molecule has 1 saturated heterocycles. The van der Waals surface area contributed by atoms with Crippen LogP contribution in [0.1, 0.15) is 23.8 Å². The highest BCUT2D eigenvalue weighted by Gasteiger charge is 2.36. The second kappa shape index (κ2) is 7.35. The predicted octanol–water partition coefficient (Wildman–Crippen LogP) is 0.841. The minimum Gasteiger partial charge on any atom is -0.465 e. The van der Waals surface area contributed by atoms with Crippen molar-refractivity contribution in [3.63, 3.8) is 0 Å². The minimum atomic E-state index is -0.504. The molecule has 0 radical (unpaired) electrons. The summed E-state index contributed by atoms with van der Waals surface area (Å²) >= 11 is 1.41. The van der Waals surface area contributed by atoms with Crippen molar-refractivity contribution in [3.05, 3.63) is 23.7 Å². The Balaban J connectivity index is 1.92. The predicted molar refractivity (Wildman–Crippen MR) is 80.0 cm³/mol. The summed E-state index contributed by atoms with van der Waals surface area (Å²) in [7, 11) is 0. The molecular weight excluding hydrogens is 308 g/mol. The number of nitrogens with one attached hydrogen (secondary N) is 1. The molecule has 1 aromatic heterocycles. The molecule has 1 aliphatic rings. The molecule has 1 aliphatic heterocycles. The van der Waals surface area contributed by atoms with Gasteiger partial charge in [0.1, 0.15) is 30.0 Å². The Kier molecular flexibility index (Phi) is 5.48. The van der Waals surface area contributed by atoms with Gasteiger partial charge in [0.05, 0.1) is 12.4 Å². The first kappa shape index (κ1) is 16.4. The van der Waals surface area contributed by atoms with Crippen LogP contribution in [0.5, 0.6) is 0 Å². The van der Waals surface area contributed by atoms with Gasteiger partial charge < -0.3 is 19.4 Å². The number of carbonyl (C=O) groups excluding carboxylic acids is 3. The maximum absolute atomic E-state index is 11.9. The number of ether oxygens (including phenoxy) is 1. The summed E-state index contributed by atoms with van der Waals surface area (Å²) in [6, 6.07) is 3.62. The summed E-state index contributed by atoms with van der Waals surface area (Å²) < 4.78 is 10.3. The topological polar surface area (TPSA) is 88.9 Å². The second-order valence-electron chi connectivity index (χ2n) is 4.72. The van der Waals surface area contributed by atoms with E-state index in [2.05, 4.69) is 5.32 Å². The molecule has 0 bridgehead atoms. The Morgan fingerprint density at radius 2 is 2.27 bits per heavy atom. The highest BCUT2D eigenvalue weighted by molar-refractivity contribution is 8.00. The zero-order valence-corrected chi connectivity index (χ0v) is 13.3. The average Bonchev–Trinajstić information content (AvgIpc) is 3.04. The van der Waals surface area contributed by atoms with Gasteiger partial charge in [-0.2, -0.15) is 0 Å². The van der Waals surface area contributed by atoms with Gasteiger partial charge in [-0.05, 0) is 26.0 Å². The van der Waals surface area contributed by atoms with Gasteiger partial charge in [0.25, 0.3) is 0 Å². The number of aryl methyl sites for hydroxylation is 1. The van der Waals surface area contributed by atoms with Crippen LogP contribution in [0.15, 0.2) is 16.5 Å². The van der Waals surface area contributed by atoms with Crippen LogP contribution in [0.2, 0.25) is 0 Å². The van der Waals surface area contributed by atoms with E-state index in [1.54, 1.807) is 13.0 Å². The molecule has 1 atom stereocenters. The SMILES string of the molecule is CCOC(=O)CNC(=O)CN1C(=O)CSC1c1ccc(C)o1. The van der Waals surface area contributed by atoms with E-state index in [1.807, 2.05) is 13.0 Å². The van der Waals surface area contributed by atoms with E-state index in [4.69, 9.17) is 9.15 Å². The Morgan fingerprint density at radius 1 is 1.50 bits per heavy atom. The van der Waals surface area contributed by atoms with Gasteiger partial charge in [-0.15, -0.1) is 11.8 Å². The third-order valence-electron chi connectivity index (χ3n) is 3.02. The molecule has 7 nitrogen and oxygen atoms in total. The van der Waals surface area contributed by atoms with E-state index >= 15 is 0 Å². The quantitative estimate of drug-likeness (QED) is 0.779. The fourth-order valence-corrected chi connectivity index (χ4v) is 3.17. The van der Waals surface area contributed by atoms with Crippen molar-refractivity contribution in [2.75, 3.05) is 25.4 Å². The Bertz CT molecular complexity index is 571. The van der Waals surface area contributed by atoms with Crippen LogP contribution >= 0.6 is 11.8 Å². The van der Waals surface area contributed by atoms with Gasteiger partial charge in [0.2, 0.25) is 11.8 Å². The lowest BCUT2D eigenvalue weighted by Crippen LogP contribution is -2.41. The molecule has 8 heteroatoms. The van der Waals surface area contributed by atoms with Crippen molar-refractivity contribution in [2.24, 2.45) is 0 Å². The number of amides is 2. The second-order valence-corrected chi connectivity index (χ2v) is 5.78. The normalized spacial score (nSPS) is 17.6. The summed E-state index contributed by atoms with van der Waals surface area (Å²) in [5.74, 6) is 0.659. The van der Waals surface area contributed by atoms with E-state index in [-0.39, 0.29) is 31.0 Å². The van der Waals surface area contributed by atoms with E-state index in [9.17, 15) is 14.4 Å². The van der Waals surface area contributed by atoms with E-state index in [0.29, 0.717) is 11.5 Å². The van der Waals surface area contributed by atoms with Crippen LogP contribution in [0.3, 0.4) is 0 Å². The molecular formula is C14H18N2O5S. The molecule has 1 aromatic rings. The van der Waals surface area contributed by atoms with Crippen molar-refractivity contribution in [3.8, 4) is 0 Å². The molecule has 0 aromatic carbocycles. The van der Waals surface area contributed by atoms with Gasteiger partial charge in [-0.3, -0.25) is 14.4 Å². The molecule has 1 unspecified atom stereocenters. The first-order valence-electron chi connectivity index (χ1n) is 6.91. The highest BCUT2D eigenvalue weighted by atomic mass is 32.2. The Labute approximate surface area is 132 Å². The van der Waals surface area contributed by atoms with Crippen LogP contribution < -0.4 is 5.32 Å². The lowest BCUT2D eigenvalue weighted by molar-refractivity contribution is -0.143. The molecule has 1 fully saturated rings. The largest absolute Gasteiger partial charge is 0.465 e. The summed E-state index contributed by atoms with van der Waals surface area (Å²) in [6.45, 7) is 3.45. The van der Waals surface area contributed by atoms with Gasteiger partial charge in [-0.25, -0.2) is 0 Å². The number of nitrogens with zero attached hydrogens (tertiary/aromatic N) is 1. The van der Waals surface area contributed by atoms with Crippen molar-refractivity contribution >= 4 is 29.5 Å². The van der Waals surface area contributed by atoms with Crippen LogP contribution in [0.4, 0.5) is 0 Å². The highest BCUT2D eigenvalue weighted by Crippen LogP contribution is 2.38. The summed E-state index contributed by atoms with van der Waals surface area (Å²) in [6.07, 6.45) is 0. The Hall–Kier alpha value is -1.96. The first-order chi connectivity index (χ1) is 10.5. The molecule has 1 N–H and O–H groups in total. The summed E-state index contributed by atoms with van der Waals surface area (Å²) in [5.41, 5.74) is 0. The van der Waals surface area contributed by atoms with Gasteiger partial charge in [-0.1, -0.05) is 0 Å². The van der Waals surface area contributed by atoms with Gasteiger partial charge >= 0.3 is 5.97 Å². The standard InChI is InChI=1S/C14H18N2O5S/c1-3-20-13(19)6-15-11(17)7-16-12(18)8-22-14(16)10-5-4-9(2)21-10/h4-5,14H,3,6-8H2,1-2H3,(H,15,17). The van der Waals surface area contributed by atoms with Crippen molar-refractivity contribution in [2.45, 2.75) is 19.2 Å². The molecule has 120 valence electrons. The van der Waals surface area contributed by atoms with Gasteiger partial charge in [0, 0.05) is 0 Å². The Morgan fingerprint density at radius 3 is 2.91 bits per heavy atom. The van der Waals surface area contributed by atoms with Crippen LogP contribution in [-0.2, 0) is 19.1 Å². The van der Waals surface area contributed by atoms with Gasteiger partial charge in [0.15, 0.2) is 0 Å². The van der Waals surface area contributed by atoms with Crippen molar-refractivity contribution < 1.29 is 23.5 Å². The maximum atomic E-state index is 11.9. The molecule has 2 heterocycles. The number of rotatable bonds is 6. The average molecular weight is 326 g/mol. The molecule has 0 aliphatic carbocycles.